The minimum atomic E-state index is -0.449. The molecular formula is C14H18ClFN2O. The van der Waals surface area contributed by atoms with Gasteiger partial charge in [-0.25, -0.2) is 4.39 Å². The molecule has 0 bridgehead atoms. The van der Waals surface area contributed by atoms with Gasteiger partial charge in [0.2, 0.25) is 5.91 Å². The first-order valence-corrected chi connectivity index (χ1v) is 6.91. The van der Waals surface area contributed by atoms with E-state index in [1.54, 1.807) is 6.07 Å². The second-order valence-corrected chi connectivity index (χ2v) is 5.50. The molecule has 0 aromatic heterocycles. The minimum Gasteiger partial charge on any atom is -0.352 e. The summed E-state index contributed by atoms with van der Waals surface area (Å²) in [6, 6.07) is 4.59. The Morgan fingerprint density at radius 2 is 2.26 bits per heavy atom. The van der Waals surface area contributed by atoms with Crippen LogP contribution >= 0.6 is 11.6 Å². The number of hydrogen-bond acceptors (Lipinski definition) is 2. The van der Waals surface area contributed by atoms with Crippen LogP contribution in [0.2, 0.25) is 5.02 Å². The Balaban J connectivity index is 1.87. The maximum atomic E-state index is 13.0. The van der Waals surface area contributed by atoms with E-state index in [0.717, 1.165) is 31.2 Å². The highest BCUT2D eigenvalue weighted by molar-refractivity contribution is 6.30. The molecule has 3 N–H and O–H groups in total. The van der Waals surface area contributed by atoms with Crippen molar-refractivity contribution in [2.75, 3.05) is 0 Å². The summed E-state index contributed by atoms with van der Waals surface area (Å²) >= 11 is 5.69. The van der Waals surface area contributed by atoms with Gasteiger partial charge in [-0.15, -0.1) is 0 Å². The van der Waals surface area contributed by atoms with E-state index in [0.29, 0.717) is 6.54 Å². The van der Waals surface area contributed by atoms with Crippen molar-refractivity contribution in [3.05, 3.63) is 34.6 Å². The predicted molar refractivity (Wildman–Crippen MR) is 73.2 cm³/mol. The molecule has 1 saturated carbocycles. The van der Waals surface area contributed by atoms with Crippen LogP contribution in [-0.4, -0.2) is 11.9 Å². The fraction of sp³-hybridized carbons (Fsp3) is 0.500. The summed E-state index contributed by atoms with van der Waals surface area (Å²) in [5.74, 6) is -0.426. The lowest BCUT2D eigenvalue weighted by Crippen LogP contribution is -2.37. The molecule has 1 aliphatic rings. The largest absolute Gasteiger partial charge is 0.352 e. The van der Waals surface area contributed by atoms with E-state index in [4.69, 9.17) is 17.3 Å². The minimum absolute atomic E-state index is 0.000305. The number of amides is 1. The topological polar surface area (TPSA) is 55.1 Å². The van der Waals surface area contributed by atoms with Crippen molar-refractivity contribution >= 4 is 17.5 Å². The monoisotopic (exact) mass is 284 g/mol. The third-order valence-corrected chi connectivity index (χ3v) is 3.83. The zero-order chi connectivity index (χ0) is 13.8. The lowest BCUT2D eigenvalue weighted by Gasteiger charge is -2.25. The van der Waals surface area contributed by atoms with Crippen molar-refractivity contribution in [1.29, 1.82) is 0 Å². The van der Waals surface area contributed by atoms with Crippen LogP contribution in [0.3, 0.4) is 0 Å². The van der Waals surface area contributed by atoms with Gasteiger partial charge in [0.05, 0.1) is 5.02 Å². The average Bonchev–Trinajstić information content (AvgIpc) is 2.40. The molecule has 104 valence electrons. The molecule has 1 aromatic carbocycles. The third kappa shape index (κ3) is 3.91. The molecule has 1 amide bonds. The van der Waals surface area contributed by atoms with Gasteiger partial charge in [-0.05, 0) is 37.0 Å². The highest BCUT2D eigenvalue weighted by atomic mass is 35.5. The number of nitrogens with one attached hydrogen (secondary N) is 1. The van der Waals surface area contributed by atoms with E-state index in [-0.39, 0.29) is 22.9 Å². The predicted octanol–water partition coefficient (Wildman–Crippen LogP) is 2.61. The summed E-state index contributed by atoms with van der Waals surface area (Å²) < 4.78 is 13.0. The van der Waals surface area contributed by atoms with Gasteiger partial charge in [-0.1, -0.05) is 24.1 Å². The second-order valence-electron chi connectivity index (χ2n) is 5.09. The van der Waals surface area contributed by atoms with Crippen LogP contribution in [0.25, 0.3) is 0 Å². The number of carbonyl (C=O) groups is 1. The molecule has 0 spiro atoms. The maximum Gasteiger partial charge on any atom is 0.223 e. The molecule has 19 heavy (non-hydrogen) atoms. The Morgan fingerprint density at radius 3 is 2.95 bits per heavy atom. The molecule has 1 fully saturated rings. The SMILES string of the molecule is N[C@H]1CCC[C@@H](C(=O)NCc2ccc(F)c(Cl)c2)C1. The van der Waals surface area contributed by atoms with Gasteiger partial charge >= 0.3 is 0 Å². The summed E-state index contributed by atoms with van der Waals surface area (Å²) in [4.78, 5) is 12.0. The van der Waals surface area contributed by atoms with Gasteiger partial charge in [0.1, 0.15) is 5.82 Å². The van der Waals surface area contributed by atoms with Crippen molar-refractivity contribution in [2.45, 2.75) is 38.3 Å². The van der Waals surface area contributed by atoms with E-state index in [1.165, 1.54) is 12.1 Å². The summed E-state index contributed by atoms with van der Waals surface area (Å²) in [5, 5.41) is 2.94. The fourth-order valence-corrected chi connectivity index (χ4v) is 2.65. The molecule has 2 rings (SSSR count). The highest BCUT2D eigenvalue weighted by Gasteiger charge is 2.24. The van der Waals surface area contributed by atoms with Crippen molar-refractivity contribution < 1.29 is 9.18 Å². The van der Waals surface area contributed by atoms with Crippen molar-refractivity contribution in [2.24, 2.45) is 11.7 Å². The second kappa shape index (κ2) is 6.35. The number of nitrogens with two attached hydrogens (primary N) is 1. The molecule has 5 heteroatoms. The summed E-state index contributed by atoms with van der Waals surface area (Å²) in [5.41, 5.74) is 6.66. The normalized spacial score (nSPS) is 23.1. The number of hydrogen-bond donors (Lipinski definition) is 2. The van der Waals surface area contributed by atoms with Crippen molar-refractivity contribution in [1.82, 2.24) is 5.32 Å². The third-order valence-electron chi connectivity index (χ3n) is 3.54. The number of carbonyl (C=O) groups excluding carboxylic acids is 1. The maximum absolute atomic E-state index is 13.0. The van der Waals surface area contributed by atoms with Gasteiger partial charge in [0.25, 0.3) is 0 Å². The Morgan fingerprint density at radius 1 is 1.47 bits per heavy atom. The van der Waals surface area contributed by atoms with Gasteiger partial charge in [-0.3, -0.25) is 4.79 Å². The van der Waals surface area contributed by atoms with Gasteiger partial charge in [-0.2, -0.15) is 0 Å². The molecule has 0 aliphatic heterocycles. The molecule has 1 aromatic rings. The zero-order valence-electron chi connectivity index (χ0n) is 10.7. The molecule has 0 saturated heterocycles. The van der Waals surface area contributed by atoms with E-state index in [2.05, 4.69) is 5.32 Å². The molecular weight excluding hydrogens is 267 g/mol. The van der Waals surface area contributed by atoms with Gasteiger partial charge < -0.3 is 11.1 Å². The van der Waals surface area contributed by atoms with Crippen LogP contribution in [0.15, 0.2) is 18.2 Å². The standard InChI is InChI=1S/C14H18ClFN2O/c15-12-6-9(4-5-13(12)16)8-18-14(19)10-2-1-3-11(17)7-10/h4-6,10-11H,1-3,7-8,17H2,(H,18,19)/t10-,11+/m1/s1. The van der Waals surface area contributed by atoms with Crippen molar-refractivity contribution in [3.63, 3.8) is 0 Å². The van der Waals surface area contributed by atoms with Crippen LogP contribution < -0.4 is 11.1 Å². The lowest BCUT2D eigenvalue weighted by atomic mass is 9.85. The smallest absolute Gasteiger partial charge is 0.223 e. The van der Waals surface area contributed by atoms with Gasteiger partial charge in [0.15, 0.2) is 0 Å². The van der Waals surface area contributed by atoms with Crippen LogP contribution in [0, 0.1) is 11.7 Å². The average molecular weight is 285 g/mol. The first-order valence-electron chi connectivity index (χ1n) is 6.53. The first-order chi connectivity index (χ1) is 9.06. The van der Waals surface area contributed by atoms with E-state index in [1.807, 2.05) is 0 Å². The summed E-state index contributed by atoms with van der Waals surface area (Å²) in [7, 11) is 0. The Hall–Kier alpha value is -1.13. The first kappa shape index (κ1) is 14.3. The number of halogens is 2. The van der Waals surface area contributed by atoms with E-state index >= 15 is 0 Å². The number of rotatable bonds is 3. The Labute approximate surface area is 117 Å². The molecule has 0 unspecified atom stereocenters. The van der Waals surface area contributed by atoms with Crippen LogP contribution in [-0.2, 0) is 11.3 Å². The van der Waals surface area contributed by atoms with Crippen LogP contribution in [0.4, 0.5) is 4.39 Å². The molecule has 3 nitrogen and oxygen atoms in total. The van der Waals surface area contributed by atoms with E-state index in [9.17, 15) is 9.18 Å². The highest BCUT2D eigenvalue weighted by Crippen LogP contribution is 2.23. The van der Waals surface area contributed by atoms with E-state index < -0.39 is 5.82 Å². The van der Waals surface area contributed by atoms with Crippen LogP contribution in [0.5, 0.6) is 0 Å². The number of benzene rings is 1. The van der Waals surface area contributed by atoms with Gasteiger partial charge in [0, 0.05) is 18.5 Å². The van der Waals surface area contributed by atoms with Crippen molar-refractivity contribution in [3.8, 4) is 0 Å². The molecule has 2 atom stereocenters. The van der Waals surface area contributed by atoms with Crippen LogP contribution in [0.1, 0.15) is 31.2 Å². The molecule has 0 heterocycles. The quantitative estimate of drug-likeness (QED) is 0.896. The summed E-state index contributed by atoms with van der Waals surface area (Å²) in [6.45, 7) is 0.366. The summed E-state index contributed by atoms with van der Waals surface area (Å²) in [6.07, 6.45) is 3.64. The Bertz CT molecular complexity index is 467. The Kier molecular flexibility index (Phi) is 4.77. The molecule has 1 aliphatic carbocycles. The lowest BCUT2D eigenvalue weighted by molar-refractivity contribution is -0.126. The zero-order valence-corrected chi connectivity index (χ0v) is 11.4. The molecule has 0 radical (unpaired) electrons. The fourth-order valence-electron chi connectivity index (χ4n) is 2.45.